The Balaban J connectivity index is 2.01. The number of nitrogens with zero attached hydrogens (tertiary/aromatic N) is 3. The topological polar surface area (TPSA) is 117 Å². The monoisotopic (exact) mass is 420 g/mol. The molecule has 2 heterocycles. The summed E-state index contributed by atoms with van der Waals surface area (Å²) in [5.74, 6) is -0.793. The first-order valence-corrected chi connectivity index (χ1v) is 9.39. The average Bonchev–Trinajstić information content (AvgIpc) is 3.10. The van der Waals surface area contributed by atoms with Crippen LogP contribution in [-0.2, 0) is 16.1 Å². The van der Waals surface area contributed by atoms with Crippen molar-refractivity contribution in [3.63, 3.8) is 0 Å². The van der Waals surface area contributed by atoms with Crippen LogP contribution in [0.4, 0.5) is 0 Å². The van der Waals surface area contributed by atoms with Crippen LogP contribution in [0, 0.1) is 0 Å². The van der Waals surface area contributed by atoms with Gasteiger partial charge >= 0.3 is 5.69 Å². The molecule has 1 aliphatic heterocycles. The zero-order valence-electron chi connectivity index (χ0n) is 16.0. The number of hydrazone groups is 1. The van der Waals surface area contributed by atoms with Gasteiger partial charge in [0.2, 0.25) is 11.8 Å². The summed E-state index contributed by atoms with van der Waals surface area (Å²) in [4.78, 5) is 38.9. The summed E-state index contributed by atoms with van der Waals surface area (Å²) in [6.07, 6.45) is 0.670. The second-order valence-corrected chi connectivity index (χ2v) is 7.07. The van der Waals surface area contributed by atoms with E-state index in [0.717, 1.165) is 10.1 Å². The molecule has 1 unspecified atom stereocenters. The highest BCUT2D eigenvalue weighted by Gasteiger charge is 2.34. The highest BCUT2D eigenvalue weighted by molar-refractivity contribution is 6.30. The summed E-state index contributed by atoms with van der Waals surface area (Å²) in [5, 5.41) is 16.7. The minimum atomic E-state index is -0.755. The first-order chi connectivity index (χ1) is 13.8. The molecule has 0 spiro atoms. The van der Waals surface area contributed by atoms with E-state index in [1.165, 1.54) is 19.0 Å². The molecular formula is C19H21ClN4O5. The van der Waals surface area contributed by atoms with Gasteiger partial charge in [0.1, 0.15) is 5.56 Å². The van der Waals surface area contributed by atoms with Gasteiger partial charge < -0.3 is 9.84 Å². The molecule has 29 heavy (non-hydrogen) atoms. The summed E-state index contributed by atoms with van der Waals surface area (Å²) in [6, 6.07) is 6.50. The quantitative estimate of drug-likeness (QED) is 0.689. The number of aromatic hydroxyl groups is 1. The SMILES string of the molecule is COCCCn1c(O)c(C2=NN(C(C)=O)C(c3ccc(Cl)cc3)C2)c(=O)[nH]c1=O. The molecule has 1 amide bonds. The lowest BCUT2D eigenvalue weighted by Crippen LogP contribution is -2.34. The first kappa shape index (κ1) is 20.8. The Hall–Kier alpha value is -2.91. The van der Waals surface area contributed by atoms with Crippen molar-refractivity contribution in [2.75, 3.05) is 13.7 Å². The summed E-state index contributed by atoms with van der Waals surface area (Å²) < 4.78 is 6.02. The highest BCUT2D eigenvalue weighted by atomic mass is 35.5. The Bertz CT molecular complexity index is 1060. The van der Waals surface area contributed by atoms with Crippen molar-refractivity contribution in [2.24, 2.45) is 5.10 Å². The van der Waals surface area contributed by atoms with Crippen molar-refractivity contribution in [1.82, 2.24) is 14.6 Å². The normalized spacial score (nSPS) is 16.2. The Labute approximate surface area is 171 Å². The summed E-state index contributed by atoms with van der Waals surface area (Å²) in [7, 11) is 1.53. The number of hydrogen-bond acceptors (Lipinski definition) is 6. The lowest BCUT2D eigenvalue weighted by Gasteiger charge is -2.20. The van der Waals surface area contributed by atoms with Crippen LogP contribution in [0.1, 0.15) is 36.9 Å². The molecule has 1 aromatic carbocycles. The highest BCUT2D eigenvalue weighted by Crippen LogP contribution is 2.34. The second kappa shape index (κ2) is 8.62. The van der Waals surface area contributed by atoms with Gasteiger partial charge in [-0.2, -0.15) is 5.10 Å². The number of nitrogens with one attached hydrogen (secondary N) is 1. The lowest BCUT2D eigenvalue weighted by molar-refractivity contribution is -0.130. The maximum absolute atomic E-state index is 12.4. The molecular weight excluding hydrogens is 400 g/mol. The average molecular weight is 421 g/mol. The minimum absolute atomic E-state index is 0.121. The summed E-state index contributed by atoms with van der Waals surface area (Å²) in [5.41, 5.74) is -0.588. The van der Waals surface area contributed by atoms with E-state index >= 15 is 0 Å². The Kier molecular flexibility index (Phi) is 6.19. The van der Waals surface area contributed by atoms with Gasteiger partial charge in [-0.05, 0) is 24.1 Å². The van der Waals surface area contributed by atoms with Crippen LogP contribution in [0.2, 0.25) is 5.02 Å². The third kappa shape index (κ3) is 4.25. The standard InChI is InChI=1S/C19H21ClN4O5/c1-11(25)24-15(12-4-6-13(20)7-5-12)10-14(22-24)16-17(26)21-19(28)23(18(16)27)8-3-9-29-2/h4-7,15,27H,3,8-10H2,1-2H3,(H,21,26,28). The van der Waals surface area contributed by atoms with Crippen molar-refractivity contribution in [3.8, 4) is 5.88 Å². The van der Waals surface area contributed by atoms with Crippen molar-refractivity contribution >= 4 is 23.2 Å². The van der Waals surface area contributed by atoms with Crippen LogP contribution in [0.15, 0.2) is 39.0 Å². The number of methoxy groups -OCH3 is 1. The van der Waals surface area contributed by atoms with Crippen LogP contribution in [0.25, 0.3) is 0 Å². The van der Waals surface area contributed by atoms with E-state index in [1.54, 1.807) is 24.3 Å². The van der Waals surface area contributed by atoms with Gasteiger partial charge in [0.05, 0.1) is 11.8 Å². The van der Waals surface area contributed by atoms with Gasteiger partial charge in [0, 0.05) is 38.6 Å². The minimum Gasteiger partial charge on any atom is -0.494 e. The molecule has 0 radical (unpaired) electrons. The molecule has 0 bridgehead atoms. The predicted molar refractivity (Wildman–Crippen MR) is 107 cm³/mol. The maximum Gasteiger partial charge on any atom is 0.331 e. The number of aromatic nitrogens is 2. The lowest BCUT2D eigenvalue weighted by atomic mass is 9.99. The number of rotatable bonds is 6. The van der Waals surface area contributed by atoms with E-state index in [-0.39, 0.29) is 30.1 Å². The molecule has 2 N–H and O–H groups in total. The largest absolute Gasteiger partial charge is 0.494 e. The molecule has 1 atom stereocenters. The predicted octanol–water partition coefficient (Wildman–Crippen LogP) is 1.63. The number of carbonyl (C=O) groups is 1. The number of benzene rings is 1. The van der Waals surface area contributed by atoms with Crippen LogP contribution < -0.4 is 11.2 Å². The number of hydrogen-bond donors (Lipinski definition) is 2. The zero-order valence-corrected chi connectivity index (χ0v) is 16.8. The Morgan fingerprint density at radius 2 is 2.03 bits per heavy atom. The van der Waals surface area contributed by atoms with Crippen LogP contribution in [0.3, 0.4) is 0 Å². The van der Waals surface area contributed by atoms with Gasteiger partial charge in [-0.15, -0.1) is 0 Å². The molecule has 0 saturated heterocycles. The fourth-order valence-electron chi connectivity index (χ4n) is 3.29. The second-order valence-electron chi connectivity index (χ2n) is 6.64. The van der Waals surface area contributed by atoms with Gasteiger partial charge in [0.15, 0.2) is 0 Å². The smallest absolute Gasteiger partial charge is 0.331 e. The van der Waals surface area contributed by atoms with Crippen molar-refractivity contribution in [3.05, 3.63) is 61.3 Å². The number of carbonyl (C=O) groups excluding carboxylic acids is 1. The molecule has 10 heteroatoms. The van der Waals surface area contributed by atoms with Crippen molar-refractivity contribution in [2.45, 2.75) is 32.4 Å². The third-order valence-electron chi connectivity index (χ3n) is 4.68. The molecule has 9 nitrogen and oxygen atoms in total. The molecule has 154 valence electrons. The van der Waals surface area contributed by atoms with E-state index in [9.17, 15) is 19.5 Å². The third-order valence-corrected chi connectivity index (χ3v) is 4.93. The number of H-pyrrole nitrogens is 1. The molecule has 0 saturated carbocycles. The van der Waals surface area contributed by atoms with Crippen LogP contribution in [-0.4, -0.2) is 45.0 Å². The van der Waals surface area contributed by atoms with Gasteiger partial charge in [-0.25, -0.2) is 9.80 Å². The molecule has 3 rings (SSSR count). The fourth-order valence-corrected chi connectivity index (χ4v) is 3.42. The number of ether oxygens (including phenoxy) is 1. The maximum atomic E-state index is 12.4. The Morgan fingerprint density at radius 1 is 1.34 bits per heavy atom. The van der Waals surface area contributed by atoms with E-state index in [4.69, 9.17) is 16.3 Å². The number of amides is 1. The van der Waals surface area contributed by atoms with E-state index in [0.29, 0.717) is 18.1 Å². The fraction of sp³-hybridized carbons (Fsp3) is 0.368. The van der Waals surface area contributed by atoms with E-state index in [1.807, 2.05) is 0 Å². The number of halogens is 1. The Morgan fingerprint density at radius 3 is 2.66 bits per heavy atom. The van der Waals surface area contributed by atoms with Gasteiger partial charge in [0.25, 0.3) is 5.56 Å². The van der Waals surface area contributed by atoms with Gasteiger partial charge in [-0.3, -0.25) is 19.1 Å². The first-order valence-electron chi connectivity index (χ1n) is 9.01. The van der Waals surface area contributed by atoms with Crippen molar-refractivity contribution < 1.29 is 14.6 Å². The van der Waals surface area contributed by atoms with E-state index < -0.39 is 23.2 Å². The zero-order chi connectivity index (χ0) is 21.1. The number of aromatic amines is 1. The molecule has 1 aromatic heterocycles. The van der Waals surface area contributed by atoms with Gasteiger partial charge in [-0.1, -0.05) is 23.7 Å². The van der Waals surface area contributed by atoms with Crippen LogP contribution in [0.5, 0.6) is 5.88 Å². The molecule has 0 aliphatic carbocycles. The summed E-state index contributed by atoms with van der Waals surface area (Å²) >= 11 is 5.94. The summed E-state index contributed by atoms with van der Waals surface area (Å²) in [6.45, 7) is 1.91. The van der Waals surface area contributed by atoms with Crippen molar-refractivity contribution in [1.29, 1.82) is 0 Å². The molecule has 0 fully saturated rings. The molecule has 2 aromatic rings. The van der Waals surface area contributed by atoms with Crippen LogP contribution >= 0.6 is 11.6 Å². The molecule has 1 aliphatic rings. The van der Waals surface area contributed by atoms with E-state index in [2.05, 4.69) is 10.1 Å².